The van der Waals surface area contributed by atoms with E-state index < -0.39 is 5.91 Å². The number of aliphatic hydroxyl groups excluding tert-OH is 1. The number of aliphatic hydroxyl groups is 1. The monoisotopic (exact) mass is 287 g/mol. The molecular weight excluding hydrogens is 270 g/mol. The van der Waals surface area contributed by atoms with Crippen LogP contribution in [0.4, 0.5) is 5.69 Å². The lowest BCUT2D eigenvalue weighted by atomic mass is 10.1. The van der Waals surface area contributed by atoms with Crippen LogP contribution in [-0.2, 0) is 6.42 Å². The van der Waals surface area contributed by atoms with Gasteiger partial charge in [0.1, 0.15) is 11.5 Å². The van der Waals surface area contributed by atoms with Crippen molar-refractivity contribution in [2.45, 2.75) is 12.8 Å². The molecule has 0 unspecified atom stereocenters. The highest BCUT2D eigenvalue weighted by molar-refractivity contribution is 6.06. The van der Waals surface area contributed by atoms with Crippen molar-refractivity contribution in [3.8, 4) is 11.5 Å². The van der Waals surface area contributed by atoms with Crippen LogP contribution in [0.5, 0.6) is 11.5 Å². The molecular formula is C16H17NO4. The maximum atomic E-state index is 12.1. The minimum absolute atomic E-state index is 0.0913. The number of aryl methyl sites for hydroxylation is 1. The van der Waals surface area contributed by atoms with E-state index in [1.54, 1.807) is 6.07 Å². The summed E-state index contributed by atoms with van der Waals surface area (Å²) >= 11 is 0. The largest absolute Gasteiger partial charge is 0.508 e. The van der Waals surface area contributed by atoms with Gasteiger partial charge in [-0.25, -0.2) is 0 Å². The highest BCUT2D eigenvalue weighted by Gasteiger charge is 2.12. The smallest absolute Gasteiger partial charge is 0.259 e. The SMILES string of the molecule is O=C(Nc1cccc(CCCO)c1)c1ccc(O)cc1O. The van der Waals surface area contributed by atoms with Crippen LogP contribution in [0.25, 0.3) is 0 Å². The Morgan fingerprint density at radius 2 is 1.90 bits per heavy atom. The predicted octanol–water partition coefficient (Wildman–Crippen LogP) is 2.28. The van der Waals surface area contributed by atoms with Crippen LogP contribution >= 0.6 is 0 Å². The summed E-state index contributed by atoms with van der Waals surface area (Å²) < 4.78 is 0. The maximum Gasteiger partial charge on any atom is 0.259 e. The van der Waals surface area contributed by atoms with Gasteiger partial charge in [0.2, 0.25) is 0 Å². The molecule has 5 heteroatoms. The molecule has 5 nitrogen and oxygen atoms in total. The summed E-state index contributed by atoms with van der Waals surface area (Å²) in [4.78, 5) is 12.1. The van der Waals surface area contributed by atoms with Gasteiger partial charge in [0.15, 0.2) is 0 Å². The lowest BCUT2D eigenvalue weighted by Gasteiger charge is -2.08. The molecule has 2 rings (SSSR count). The molecule has 0 atom stereocenters. The third kappa shape index (κ3) is 3.97. The molecule has 0 aliphatic rings. The van der Waals surface area contributed by atoms with Gasteiger partial charge in [-0.3, -0.25) is 4.79 Å². The van der Waals surface area contributed by atoms with Gasteiger partial charge in [0, 0.05) is 18.4 Å². The Morgan fingerprint density at radius 3 is 2.62 bits per heavy atom. The van der Waals surface area contributed by atoms with Crippen LogP contribution in [-0.4, -0.2) is 27.8 Å². The topological polar surface area (TPSA) is 89.8 Å². The fourth-order valence-electron chi connectivity index (χ4n) is 2.00. The summed E-state index contributed by atoms with van der Waals surface area (Å²) in [6.07, 6.45) is 1.39. The van der Waals surface area contributed by atoms with Crippen LogP contribution < -0.4 is 5.32 Å². The zero-order valence-electron chi connectivity index (χ0n) is 11.4. The molecule has 0 spiro atoms. The van der Waals surface area contributed by atoms with Crippen LogP contribution in [0.15, 0.2) is 42.5 Å². The van der Waals surface area contributed by atoms with Crippen molar-refractivity contribution in [1.82, 2.24) is 0 Å². The summed E-state index contributed by atoms with van der Waals surface area (Å²) in [7, 11) is 0. The molecule has 0 fully saturated rings. The van der Waals surface area contributed by atoms with Crippen molar-refractivity contribution in [3.05, 3.63) is 53.6 Å². The second-order valence-electron chi connectivity index (χ2n) is 4.68. The number of hydrogen-bond donors (Lipinski definition) is 4. The highest BCUT2D eigenvalue weighted by atomic mass is 16.3. The van der Waals surface area contributed by atoms with E-state index >= 15 is 0 Å². The van der Waals surface area contributed by atoms with Crippen molar-refractivity contribution in [1.29, 1.82) is 0 Å². The van der Waals surface area contributed by atoms with Gasteiger partial charge in [-0.05, 0) is 42.7 Å². The number of phenolic OH excluding ortho intramolecular Hbond substituents is 2. The summed E-state index contributed by atoms with van der Waals surface area (Å²) in [6, 6.07) is 11.1. The van der Waals surface area contributed by atoms with E-state index in [4.69, 9.17) is 5.11 Å². The van der Waals surface area contributed by atoms with E-state index in [9.17, 15) is 15.0 Å². The molecule has 4 N–H and O–H groups in total. The summed E-state index contributed by atoms with van der Waals surface area (Å²) in [5.41, 5.74) is 1.72. The minimum atomic E-state index is -0.452. The first-order valence-corrected chi connectivity index (χ1v) is 6.63. The first-order chi connectivity index (χ1) is 10.1. The zero-order chi connectivity index (χ0) is 15.2. The summed E-state index contributed by atoms with van der Waals surface area (Å²) in [6.45, 7) is 0.123. The quantitative estimate of drug-likeness (QED) is 0.679. The van der Waals surface area contributed by atoms with E-state index in [2.05, 4.69) is 5.32 Å². The predicted molar refractivity (Wildman–Crippen MR) is 79.6 cm³/mol. The Labute approximate surface area is 122 Å². The first-order valence-electron chi connectivity index (χ1n) is 6.63. The van der Waals surface area contributed by atoms with Crippen molar-refractivity contribution >= 4 is 11.6 Å². The van der Waals surface area contributed by atoms with E-state index in [0.29, 0.717) is 12.1 Å². The molecule has 21 heavy (non-hydrogen) atoms. The van der Waals surface area contributed by atoms with Gasteiger partial charge in [0.25, 0.3) is 5.91 Å². The number of nitrogens with one attached hydrogen (secondary N) is 1. The molecule has 0 heterocycles. The standard InChI is InChI=1S/C16H17NO4/c18-8-2-4-11-3-1-5-12(9-11)17-16(21)14-7-6-13(19)10-15(14)20/h1,3,5-7,9-10,18-20H,2,4,8H2,(H,17,21). The Balaban J connectivity index is 2.12. The second kappa shape index (κ2) is 6.76. The fraction of sp³-hybridized carbons (Fsp3) is 0.188. The molecule has 0 saturated heterocycles. The number of aromatic hydroxyl groups is 2. The lowest BCUT2D eigenvalue weighted by molar-refractivity contribution is 0.102. The van der Waals surface area contributed by atoms with Crippen LogP contribution in [0, 0.1) is 0 Å². The number of benzene rings is 2. The Bertz CT molecular complexity index is 640. The third-order valence-electron chi connectivity index (χ3n) is 3.03. The molecule has 0 aliphatic heterocycles. The lowest BCUT2D eigenvalue weighted by Crippen LogP contribution is -2.12. The van der Waals surface area contributed by atoms with Gasteiger partial charge < -0.3 is 20.6 Å². The number of carbonyl (C=O) groups is 1. The summed E-state index contributed by atoms with van der Waals surface area (Å²) in [5.74, 6) is -0.828. The number of rotatable bonds is 5. The van der Waals surface area contributed by atoms with Gasteiger partial charge in [0.05, 0.1) is 5.56 Å². The average molecular weight is 287 g/mol. The molecule has 0 aromatic heterocycles. The number of anilines is 1. The Kier molecular flexibility index (Phi) is 4.79. The van der Waals surface area contributed by atoms with Crippen molar-refractivity contribution in [2.24, 2.45) is 0 Å². The highest BCUT2D eigenvalue weighted by Crippen LogP contribution is 2.23. The zero-order valence-corrected chi connectivity index (χ0v) is 11.4. The molecule has 0 aliphatic carbocycles. The minimum Gasteiger partial charge on any atom is -0.508 e. The average Bonchev–Trinajstić information content (AvgIpc) is 2.45. The van der Waals surface area contributed by atoms with Crippen LogP contribution in [0.3, 0.4) is 0 Å². The Hall–Kier alpha value is -2.53. The molecule has 0 saturated carbocycles. The van der Waals surface area contributed by atoms with Crippen LogP contribution in [0.2, 0.25) is 0 Å². The molecule has 0 radical (unpaired) electrons. The van der Waals surface area contributed by atoms with E-state index in [1.807, 2.05) is 18.2 Å². The number of phenols is 2. The number of amides is 1. The van der Waals surface area contributed by atoms with Crippen molar-refractivity contribution in [2.75, 3.05) is 11.9 Å². The molecule has 0 bridgehead atoms. The normalized spacial score (nSPS) is 10.3. The molecule has 2 aromatic rings. The molecule has 110 valence electrons. The second-order valence-corrected chi connectivity index (χ2v) is 4.68. The van der Waals surface area contributed by atoms with Crippen molar-refractivity contribution in [3.63, 3.8) is 0 Å². The third-order valence-corrected chi connectivity index (χ3v) is 3.03. The maximum absolute atomic E-state index is 12.1. The van der Waals surface area contributed by atoms with Gasteiger partial charge in [-0.1, -0.05) is 12.1 Å². The Morgan fingerprint density at radius 1 is 1.10 bits per heavy atom. The van der Waals surface area contributed by atoms with Gasteiger partial charge in [-0.15, -0.1) is 0 Å². The number of hydrogen-bond acceptors (Lipinski definition) is 4. The van der Waals surface area contributed by atoms with E-state index in [-0.39, 0.29) is 23.7 Å². The van der Waals surface area contributed by atoms with Gasteiger partial charge >= 0.3 is 0 Å². The first kappa shape index (κ1) is 14.9. The van der Waals surface area contributed by atoms with Crippen LogP contribution in [0.1, 0.15) is 22.3 Å². The van der Waals surface area contributed by atoms with E-state index in [1.165, 1.54) is 12.1 Å². The van der Waals surface area contributed by atoms with Gasteiger partial charge in [-0.2, -0.15) is 0 Å². The fourth-order valence-corrected chi connectivity index (χ4v) is 2.00. The molecule has 1 amide bonds. The summed E-state index contributed by atoms with van der Waals surface area (Å²) in [5, 5.41) is 30.4. The van der Waals surface area contributed by atoms with E-state index in [0.717, 1.165) is 18.1 Å². The van der Waals surface area contributed by atoms with Crippen molar-refractivity contribution < 1.29 is 20.1 Å². The molecule has 2 aromatic carbocycles. The number of carbonyl (C=O) groups excluding carboxylic acids is 1.